The minimum Gasteiger partial charge on any atom is -0.436 e. The van der Waals surface area contributed by atoms with Crippen molar-refractivity contribution in [1.29, 1.82) is 0 Å². The summed E-state index contributed by atoms with van der Waals surface area (Å²) in [5.74, 6) is 1.13. The zero-order chi connectivity index (χ0) is 19.2. The number of hydrogen-bond donors (Lipinski definition) is 1. The van der Waals surface area contributed by atoms with Crippen LogP contribution < -0.4 is 5.32 Å². The fraction of sp³-hybridized carbons (Fsp3) is 0.391. The lowest BCUT2D eigenvalue weighted by Gasteiger charge is -2.07. The summed E-state index contributed by atoms with van der Waals surface area (Å²) in [6.45, 7) is 6.54. The molecule has 1 N–H and O–H groups in total. The maximum Gasteiger partial charge on any atom is 0.227 e. The molecule has 0 aliphatic carbocycles. The molecule has 27 heavy (non-hydrogen) atoms. The molecule has 1 amide bonds. The van der Waals surface area contributed by atoms with Gasteiger partial charge in [0, 0.05) is 17.7 Å². The van der Waals surface area contributed by atoms with Gasteiger partial charge in [-0.25, -0.2) is 4.98 Å². The summed E-state index contributed by atoms with van der Waals surface area (Å²) < 4.78 is 5.94. The number of carbonyl (C=O) groups is 1. The SMILES string of the molecule is CCCCCC(=O)Nc1cccc(-c2nc3cc(C(C)CC)ccc3o2)c1. The second-order valence-electron chi connectivity index (χ2n) is 7.14. The molecule has 4 heteroatoms. The maximum atomic E-state index is 12.1. The fourth-order valence-electron chi connectivity index (χ4n) is 3.10. The van der Waals surface area contributed by atoms with E-state index in [-0.39, 0.29) is 5.91 Å². The van der Waals surface area contributed by atoms with Crippen LogP contribution in [-0.2, 0) is 4.79 Å². The van der Waals surface area contributed by atoms with Gasteiger partial charge < -0.3 is 9.73 Å². The van der Waals surface area contributed by atoms with E-state index in [1.54, 1.807) is 0 Å². The van der Waals surface area contributed by atoms with Gasteiger partial charge in [0.15, 0.2) is 5.58 Å². The van der Waals surface area contributed by atoms with Crippen LogP contribution in [0, 0.1) is 0 Å². The Morgan fingerprint density at radius 3 is 2.78 bits per heavy atom. The van der Waals surface area contributed by atoms with E-state index in [2.05, 4.69) is 43.2 Å². The van der Waals surface area contributed by atoms with Crippen molar-refractivity contribution in [3.05, 3.63) is 48.0 Å². The molecule has 0 aliphatic rings. The van der Waals surface area contributed by atoms with Gasteiger partial charge in [0.1, 0.15) is 5.52 Å². The molecule has 0 saturated carbocycles. The van der Waals surface area contributed by atoms with Crippen LogP contribution in [-0.4, -0.2) is 10.9 Å². The first kappa shape index (κ1) is 19.2. The molecule has 1 heterocycles. The first-order chi connectivity index (χ1) is 13.1. The average Bonchev–Trinajstić information content (AvgIpc) is 3.11. The standard InChI is InChI=1S/C23H28N2O2/c1-4-6-7-11-22(26)24-19-10-8-9-18(14-19)23-25-20-15-17(16(3)5-2)12-13-21(20)27-23/h8-10,12-16H,4-7,11H2,1-3H3,(H,24,26). The van der Waals surface area contributed by atoms with Crippen LogP contribution in [0.25, 0.3) is 22.6 Å². The van der Waals surface area contributed by atoms with Gasteiger partial charge in [-0.2, -0.15) is 0 Å². The lowest BCUT2D eigenvalue weighted by molar-refractivity contribution is -0.116. The Labute approximate surface area is 161 Å². The van der Waals surface area contributed by atoms with Gasteiger partial charge in [0.25, 0.3) is 0 Å². The number of benzene rings is 2. The zero-order valence-electron chi connectivity index (χ0n) is 16.4. The van der Waals surface area contributed by atoms with Gasteiger partial charge in [-0.3, -0.25) is 4.79 Å². The molecule has 1 atom stereocenters. The highest BCUT2D eigenvalue weighted by atomic mass is 16.3. The summed E-state index contributed by atoms with van der Waals surface area (Å²) in [6, 6.07) is 13.9. The summed E-state index contributed by atoms with van der Waals surface area (Å²) in [5, 5.41) is 2.97. The van der Waals surface area contributed by atoms with E-state index < -0.39 is 0 Å². The fourth-order valence-corrected chi connectivity index (χ4v) is 3.10. The lowest BCUT2D eigenvalue weighted by Crippen LogP contribution is -2.10. The van der Waals surface area contributed by atoms with Crippen molar-refractivity contribution in [2.75, 3.05) is 5.32 Å². The summed E-state index contributed by atoms with van der Waals surface area (Å²) in [6.07, 6.45) is 4.76. The van der Waals surface area contributed by atoms with E-state index in [0.717, 1.165) is 48.0 Å². The minimum atomic E-state index is 0.0522. The van der Waals surface area contributed by atoms with Crippen LogP contribution in [0.4, 0.5) is 5.69 Å². The molecule has 142 valence electrons. The van der Waals surface area contributed by atoms with E-state index >= 15 is 0 Å². The van der Waals surface area contributed by atoms with Crippen LogP contribution in [0.15, 0.2) is 46.9 Å². The topological polar surface area (TPSA) is 55.1 Å². The maximum absolute atomic E-state index is 12.1. The molecule has 0 aliphatic heterocycles. The van der Waals surface area contributed by atoms with Crippen LogP contribution in [0.2, 0.25) is 0 Å². The molecule has 1 aromatic heterocycles. The van der Waals surface area contributed by atoms with Crippen molar-refractivity contribution in [2.24, 2.45) is 0 Å². The number of carbonyl (C=O) groups excluding carboxylic acids is 1. The van der Waals surface area contributed by atoms with Crippen molar-refractivity contribution in [1.82, 2.24) is 4.98 Å². The summed E-state index contributed by atoms with van der Waals surface area (Å²) >= 11 is 0. The van der Waals surface area contributed by atoms with Gasteiger partial charge >= 0.3 is 0 Å². The number of aromatic nitrogens is 1. The van der Waals surface area contributed by atoms with E-state index in [0.29, 0.717) is 18.2 Å². The first-order valence-corrected chi connectivity index (χ1v) is 9.91. The van der Waals surface area contributed by atoms with Crippen LogP contribution in [0.1, 0.15) is 64.4 Å². The Balaban J connectivity index is 1.79. The molecule has 1 unspecified atom stereocenters. The molecule has 2 aromatic carbocycles. The Hall–Kier alpha value is -2.62. The molecule has 0 fully saturated rings. The number of fused-ring (bicyclic) bond motifs is 1. The van der Waals surface area contributed by atoms with E-state index in [9.17, 15) is 4.79 Å². The number of oxazole rings is 1. The zero-order valence-corrected chi connectivity index (χ0v) is 16.4. The van der Waals surface area contributed by atoms with Gasteiger partial charge in [-0.15, -0.1) is 0 Å². The Bertz CT molecular complexity index is 914. The predicted octanol–water partition coefficient (Wildman–Crippen LogP) is 6.53. The van der Waals surface area contributed by atoms with Crippen molar-refractivity contribution in [2.45, 2.75) is 58.8 Å². The normalized spacial score (nSPS) is 12.3. The van der Waals surface area contributed by atoms with Crippen molar-refractivity contribution < 1.29 is 9.21 Å². The van der Waals surface area contributed by atoms with E-state index in [4.69, 9.17) is 4.42 Å². The number of rotatable bonds is 8. The molecule has 0 radical (unpaired) electrons. The van der Waals surface area contributed by atoms with Gasteiger partial charge in [0.05, 0.1) is 0 Å². The molecule has 3 rings (SSSR count). The van der Waals surface area contributed by atoms with E-state index in [1.807, 2.05) is 30.3 Å². The van der Waals surface area contributed by atoms with Crippen LogP contribution in [0.3, 0.4) is 0 Å². The third-order valence-electron chi connectivity index (χ3n) is 4.99. The number of hydrogen-bond acceptors (Lipinski definition) is 3. The monoisotopic (exact) mass is 364 g/mol. The van der Waals surface area contributed by atoms with Gasteiger partial charge in [-0.05, 0) is 54.7 Å². The van der Waals surface area contributed by atoms with Crippen molar-refractivity contribution in [3.8, 4) is 11.5 Å². The molecule has 0 saturated heterocycles. The number of unbranched alkanes of at least 4 members (excludes halogenated alkanes) is 2. The Morgan fingerprint density at radius 2 is 2.00 bits per heavy atom. The summed E-state index contributed by atoms with van der Waals surface area (Å²) in [5.41, 5.74) is 4.57. The first-order valence-electron chi connectivity index (χ1n) is 9.91. The van der Waals surface area contributed by atoms with Crippen LogP contribution in [0.5, 0.6) is 0 Å². The number of nitrogens with zero attached hydrogens (tertiary/aromatic N) is 1. The quantitative estimate of drug-likeness (QED) is 0.462. The lowest BCUT2D eigenvalue weighted by atomic mass is 9.98. The highest BCUT2D eigenvalue weighted by Gasteiger charge is 2.12. The summed E-state index contributed by atoms with van der Waals surface area (Å²) in [7, 11) is 0. The third-order valence-corrected chi connectivity index (χ3v) is 4.99. The van der Waals surface area contributed by atoms with Crippen molar-refractivity contribution >= 4 is 22.7 Å². The summed E-state index contributed by atoms with van der Waals surface area (Å²) in [4.78, 5) is 16.7. The number of nitrogens with one attached hydrogen (secondary N) is 1. The highest BCUT2D eigenvalue weighted by Crippen LogP contribution is 2.29. The third kappa shape index (κ3) is 4.76. The van der Waals surface area contributed by atoms with Gasteiger partial charge in [-0.1, -0.05) is 45.7 Å². The second-order valence-corrected chi connectivity index (χ2v) is 7.14. The average molecular weight is 364 g/mol. The Morgan fingerprint density at radius 1 is 1.15 bits per heavy atom. The Kier molecular flexibility index (Phi) is 6.28. The molecule has 0 spiro atoms. The largest absolute Gasteiger partial charge is 0.436 e. The molecule has 0 bridgehead atoms. The number of amides is 1. The minimum absolute atomic E-state index is 0.0522. The smallest absolute Gasteiger partial charge is 0.227 e. The highest BCUT2D eigenvalue weighted by molar-refractivity contribution is 5.91. The van der Waals surface area contributed by atoms with Crippen molar-refractivity contribution in [3.63, 3.8) is 0 Å². The molecular formula is C23H28N2O2. The van der Waals surface area contributed by atoms with Gasteiger partial charge in [0.2, 0.25) is 11.8 Å². The second kappa shape index (κ2) is 8.85. The number of anilines is 1. The van der Waals surface area contributed by atoms with Crippen LogP contribution >= 0.6 is 0 Å². The molecular weight excluding hydrogens is 336 g/mol. The predicted molar refractivity (Wildman–Crippen MR) is 111 cm³/mol. The molecule has 4 nitrogen and oxygen atoms in total. The van der Waals surface area contributed by atoms with E-state index in [1.165, 1.54) is 5.56 Å². The molecule has 3 aromatic rings.